The van der Waals surface area contributed by atoms with E-state index >= 15 is 0 Å². The molecular weight excluding hydrogens is 481 g/mol. The van der Waals surface area contributed by atoms with Gasteiger partial charge in [-0.2, -0.15) is 0 Å². The lowest BCUT2D eigenvalue weighted by Crippen LogP contribution is -2.56. The Hall–Kier alpha value is -3.07. The molecule has 2 saturated heterocycles. The molecule has 2 aliphatic rings. The van der Waals surface area contributed by atoms with Crippen LogP contribution >= 0.6 is 11.6 Å². The third kappa shape index (κ3) is 5.36. The van der Waals surface area contributed by atoms with Gasteiger partial charge in [-0.1, -0.05) is 41.9 Å². The fraction of sp³-hybridized carbons (Fsp3) is 0.370. The maximum absolute atomic E-state index is 13.3. The first kappa shape index (κ1) is 24.6. The Bertz CT molecular complexity index is 1230. The Labute approximate surface area is 214 Å². The largest absolute Gasteiger partial charge is 0.380 e. The molecule has 36 heavy (non-hydrogen) atoms. The van der Waals surface area contributed by atoms with Crippen LogP contribution in [0.2, 0.25) is 5.02 Å². The molecule has 0 unspecified atom stereocenters. The SMILES string of the molecule is O=C(N1CCC(Nc2ncc(Cl)c(-c3cccc(-c4ccc(F)cc4)c3)n2)CC1)C1(O)CCNCC1. The summed E-state index contributed by atoms with van der Waals surface area (Å²) < 4.78 is 13.3. The van der Waals surface area contributed by atoms with Gasteiger partial charge in [0.05, 0.1) is 16.9 Å². The molecule has 188 valence electrons. The lowest BCUT2D eigenvalue weighted by atomic mass is 9.90. The van der Waals surface area contributed by atoms with Gasteiger partial charge in [0.15, 0.2) is 0 Å². The number of aliphatic hydroxyl groups is 1. The highest BCUT2D eigenvalue weighted by molar-refractivity contribution is 6.32. The Kier molecular flexibility index (Phi) is 7.18. The lowest BCUT2D eigenvalue weighted by molar-refractivity contribution is -0.155. The number of benzene rings is 2. The minimum Gasteiger partial charge on any atom is -0.380 e. The first-order valence-electron chi connectivity index (χ1n) is 12.3. The number of nitrogens with zero attached hydrogens (tertiary/aromatic N) is 3. The smallest absolute Gasteiger partial charge is 0.254 e. The van der Waals surface area contributed by atoms with Gasteiger partial charge in [-0.05, 0) is 68.1 Å². The number of carbonyl (C=O) groups is 1. The summed E-state index contributed by atoms with van der Waals surface area (Å²) in [5.41, 5.74) is 2.03. The number of likely N-dealkylation sites (tertiary alicyclic amines) is 1. The molecule has 5 rings (SSSR count). The van der Waals surface area contributed by atoms with Crippen LogP contribution in [0.25, 0.3) is 22.4 Å². The third-order valence-electron chi connectivity index (χ3n) is 7.00. The molecule has 0 saturated carbocycles. The van der Waals surface area contributed by atoms with Crippen LogP contribution in [-0.2, 0) is 4.79 Å². The van der Waals surface area contributed by atoms with Crippen molar-refractivity contribution in [2.75, 3.05) is 31.5 Å². The molecule has 0 spiro atoms. The summed E-state index contributed by atoms with van der Waals surface area (Å²) in [6.07, 6.45) is 3.96. The molecule has 3 aromatic rings. The third-order valence-corrected chi connectivity index (χ3v) is 7.28. The van der Waals surface area contributed by atoms with Crippen molar-refractivity contribution < 1.29 is 14.3 Å². The van der Waals surface area contributed by atoms with Gasteiger partial charge in [0, 0.05) is 24.7 Å². The minimum atomic E-state index is -1.25. The van der Waals surface area contributed by atoms with Gasteiger partial charge in [-0.25, -0.2) is 14.4 Å². The van der Waals surface area contributed by atoms with Crippen molar-refractivity contribution in [2.45, 2.75) is 37.3 Å². The topological polar surface area (TPSA) is 90.4 Å². The number of nitrogens with one attached hydrogen (secondary N) is 2. The van der Waals surface area contributed by atoms with E-state index in [4.69, 9.17) is 11.6 Å². The van der Waals surface area contributed by atoms with Gasteiger partial charge in [0.1, 0.15) is 11.4 Å². The van der Waals surface area contributed by atoms with E-state index in [1.807, 2.05) is 24.3 Å². The Balaban J connectivity index is 1.26. The maximum atomic E-state index is 13.3. The van der Waals surface area contributed by atoms with Crippen LogP contribution in [0.3, 0.4) is 0 Å². The zero-order valence-electron chi connectivity index (χ0n) is 19.9. The van der Waals surface area contributed by atoms with Gasteiger partial charge in [0.25, 0.3) is 5.91 Å². The fourth-order valence-electron chi connectivity index (χ4n) is 4.89. The predicted molar refractivity (Wildman–Crippen MR) is 138 cm³/mol. The van der Waals surface area contributed by atoms with E-state index in [-0.39, 0.29) is 17.8 Å². The second kappa shape index (κ2) is 10.5. The van der Waals surface area contributed by atoms with E-state index in [9.17, 15) is 14.3 Å². The number of hydrogen-bond acceptors (Lipinski definition) is 6. The van der Waals surface area contributed by atoms with Crippen molar-refractivity contribution >= 4 is 23.5 Å². The molecule has 0 bridgehead atoms. The molecule has 1 amide bonds. The van der Waals surface area contributed by atoms with Crippen LogP contribution in [0.15, 0.2) is 54.7 Å². The fourth-order valence-corrected chi connectivity index (χ4v) is 5.09. The molecule has 7 nitrogen and oxygen atoms in total. The van der Waals surface area contributed by atoms with E-state index in [1.165, 1.54) is 12.1 Å². The van der Waals surface area contributed by atoms with Crippen LogP contribution in [0.4, 0.5) is 10.3 Å². The summed E-state index contributed by atoms with van der Waals surface area (Å²) in [4.78, 5) is 23.7. The number of halogens is 2. The maximum Gasteiger partial charge on any atom is 0.254 e. The van der Waals surface area contributed by atoms with Gasteiger partial charge in [0.2, 0.25) is 5.95 Å². The molecule has 2 aliphatic heterocycles. The second-order valence-electron chi connectivity index (χ2n) is 9.47. The lowest BCUT2D eigenvalue weighted by Gasteiger charge is -2.39. The number of aromatic nitrogens is 2. The summed E-state index contributed by atoms with van der Waals surface area (Å²) in [5, 5.41) is 17.8. The van der Waals surface area contributed by atoms with Crippen molar-refractivity contribution in [3.8, 4) is 22.4 Å². The highest BCUT2D eigenvalue weighted by Crippen LogP contribution is 2.31. The Morgan fingerprint density at radius 1 is 1.08 bits per heavy atom. The van der Waals surface area contributed by atoms with Gasteiger partial charge in [-0.3, -0.25) is 4.79 Å². The molecule has 9 heteroatoms. The van der Waals surface area contributed by atoms with Crippen LogP contribution in [0, 0.1) is 5.82 Å². The van der Waals surface area contributed by atoms with Crippen molar-refractivity contribution in [2.24, 2.45) is 0 Å². The molecule has 1 aromatic heterocycles. The van der Waals surface area contributed by atoms with Crippen LogP contribution in [0.1, 0.15) is 25.7 Å². The molecule has 2 fully saturated rings. The van der Waals surface area contributed by atoms with E-state index in [0.29, 0.717) is 55.7 Å². The highest BCUT2D eigenvalue weighted by atomic mass is 35.5. The Morgan fingerprint density at radius 3 is 2.50 bits per heavy atom. The van der Waals surface area contributed by atoms with Crippen molar-refractivity contribution in [3.63, 3.8) is 0 Å². The van der Waals surface area contributed by atoms with Gasteiger partial charge >= 0.3 is 0 Å². The molecule has 0 atom stereocenters. The zero-order valence-corrected chi connectivity index (χ0v) is 20.6. The number of rotatable bonds is 5. The quantitative estimate of drug-likeness (QED) is 0.479. The van der Waals surface area contributed by atoms with E-state index < -0.39 is 5.60 Å². The number of hydrogen-bond donors (Lipinski definition) is 3. The van der Waals surface area contributed by atoms with Crippen LogP contribution in [-0.4, -0.2) is 63.7 Å². The standard InChI is InChI=1S/C27H29ClFN5O2/c28-23-17-31-26(32-22-8-14-34(15-9-22)25(35)27(36)10-12-30-13-11-27)33-24(23)20-3-1-2-19(16-20)18-4-6-21(29)7-5-18/h1-7,16-17,22,30,36H,8-15H2,(H,31,32,33). The summed E-state index contributed by atoms with van der Waals surface area (Å²) in [7, 11) is 0. The van der Waals surface area contributed by atoms with Crippen molar-refractivity contribution in [1.29, 1.82) is 0 Å². The monoisotopic (exact) mass is 509 g/mol. The molecule has 3 heterocycles. The number of carbonyl (C=O) groups excluding carboxylic acids is 1. The average Bonchev–Trinajstić information content (AvgIpc) is 2.91. The molecule has 3 N–H and O–H groups in total. The summed E-state index contributed by atoms with van der Waals surface area (Å²) in [6.45, 7) is 2.46. The normalized spacial score (nSPS) is 18.1. The first-order chi connectivity index (χ1) is 17.4. The Morgan fingerprint density at radius 2 is 1.78 bits per heavy atom. The van der Waals surface area contributed by atoms with E-state index in [1.54, 1.807) is 23.2 Å². The number of anilines is 1. The number of amides is 1. The van der Waals surface area contributed by atoms with E-state index in [0.717, 1.165) is 29.5 Å². The van der Waals surface area contributed by atoms with E-state index in [2.05, 4.69) is 20.6 Å². The zero-order chi connectivity index (χ0) is 25.1. The van der Waals surface area contributed by atoms with Crippen LogP contribution < -0.4 is 10.6 Å². The molecule has 2 aromatic carbocycles. The minimum absolute atomic E-state index is 0.108. The average molecular weight is 510 g/mol. The number of piperidine rings is 2. The second-order valence-corrected chi connectivity index (χ2v) is 9.88. The van der Waals surface area contributed by atoms with Crippen molar-refractivity contribution in [1.82, 2.24) is 20.2 Å². The van der Waals surface area contributed by atoms with Gasteiger partial charge < -0.3 is 20.6 Å². The summed E-state index contributed by atoms with van der Waals surface area (Å²) in [6, 6.07) is 14.2. The first-order valence-corrected chi connectivity index (χ1v) is 12.7. The van der Waals surface area contributed by atoms with Crippen molar-refractivity contribution in [3.05, 3.63) is 65.6 Å². The molecular formula is C27H29ClFN5O2. The summed E-state index contributed by atoms with van der Waals surface area (Å²) >= 11 is 6.46. The highest BCUT2D eigenvalue weighted by Gasteiger charge is 2.41. The van der Waals surface area contributed by atoms with Crippen LogP contribution in [0.5, 0.6) is 0 Å². The molecule has 0 radical (unpaired) electrons. The predicted octanol–water partition coefficient (Wildman–Crippen LogP) is 4.12. The van der Waals surface area contributed by atoms with Gasteiger partial charge in [-0.15, -0.1) is 0 Å². The summed E-state index contributed by atoms with van der Waals surface area (Å²) in [5.74, 6) is 0.0404. The molecule has 0 aliphatic carbocycles.